The maximum absolute atomic E-state index is 12.4. The summed E-state index contributed by atoms with van der Waals surface area (Å²) >= 11 is 1.90. The summed E-state index contributed by atoms with van der Waals surface area (Å²) in [5.41, 5.74) is 0.836. The summed E-state index contributed by atoms with van der Waals surface area (Å²) in [5.74, 6) is -0.520. The molecule has 0 aliphatic carbocycles. The molecule has 0 saturated heterocycles. The van der Waals surface area contributed by atoms with Crippen LogP contribution in [0.4, 0.5) is 15.3 Å². The van der Waals surface area contributed by atoms with Gasteiger partial charge in [-0.2, -0.15) is 0 Å². The zero-order valence-corrected chi connectivity index (χ0v) is 19.2. The highest BCUT2D eigenvalue weighted by Crippen LogP contribution is 2.30. The van der Waals surface area contributed by atoms with Crippen LogP contribution in [-0.2, 0) is 14.8 Å². The zero-order chi connectivity index (χ0) is 22.6. The number of thiazole rings is 2. The van der Waals surface area contributed by atoms with Crippen molar-refractivity contribution in [3.8, 4) is 0 Å². The predicted molar refractivity (Wildman–Crippen MR) is 118 cm³/mol. The third kappa shape index (κ3) is 5.57. The fraction of sp³-hybridized carbons (Fsp3) is 0.222. The molecule has 2 heterocycles. The van der Waals surface area contributed by atoms with Gasteiger partial charge in [-0.3, -0.25) is 4.72 Å². The van der Waals surface area contributed by atoms with Crippen LogP contribution < -0.4 is 15.1 Å². The summed E-state index contributed by atoms with van der Waals surface area (Å²) in [6.07, 6.45) is 0. The monoisotopic (exact) mass is 480 g/mol. The molecule has 0 amide bonds. The quantitative estimate of drug-likeness (QED) is 0.298. The van der Waals surface area contributed by atoms with Gasteiger partial charge in [0.1, 0.15) is 9.88 Å². The normalized spacial score (nSPS) is 11.9. The molecule has 10 nitrogen and oxygen atoms in total. The Morgan fingerprint density at radius 1 is 1.16 bits per heavy atom. The zero-order valence-electron chi connectivity index (χ0n) is 16.7. The Balaban J connectivity index is 1.74. The van der Waals surface area contributed by atoms with Gasteiger partial charge in [-0.1, -0.05) is 40.9 Å². The second kappa shape index (κ2) is 9.41. The summed E-state index contributed by atoms with van der Waals surface area (Å²) in [4.78, 5) is 24.3. The molecule has 164 valence electrons. The number of esters is 1. The molecule has 0 saturated carbocycles. The van der Waals surface area contributed by atoms with Crippen LogP contribution in [0.15, 0.2) is 40.2 Å². The number of aromatic nitrogens is 2. The van der Waals surface area contributed by atoms with Crippen LogP contribution in [0.25, 0.3) is 0 Å². The SMILES string of the molecule is CCOC(=O)c1sc(/N=C(\[O-])Nc2sc(NS(=O)(=O)c3ccccc3)nc2C)nc1C. The van der Waals surface area contributed by atoms with Gasteiger partial charge in [0.25, 0.3) is 10.0 Å². The number of rotatable bonds is 7. The molecule has 0 spiro atoms. The number of aryl methyl sites for hydroxylation is 2. The minimum absolute atomic E-state index is 0.0972. The van der Waals surface area contributed by atoms with Crippen molar-refractivity contribution in [3.63, 3.8) is 0 Å². The van der Waals surface area contributed by atoms with Gasteiger partial charge in [0.15, 0.2) is 5.13 Å². The number of anilines is 2. The molecule has 13 heteroatoms. The van der Waals surface area contributed by atoms with E-state index in [1.54, 1.807) is 39.0 Å². The van der Waals surface area contributed by atoms with E-state index in [2.05, 4.69) is 25.0 Å². The lowest BCUT2D eigenvalue weighted by Crippen LogP contribution is -2.26. The van der Waals surface area contributed by atoms with Crippen LogP contribution in [0.5, 0.6) is 0 Å². The largest absolute Gasteiger partial charge is 0.846 e. The van der Waals surface area contributed by atoms with E-state index in [9.17, 15) is 18.3 Å². The number of hydrogen-bond donors (Lipinski definition) is 2. The van der Waals surface area contributed by atoms with Crippen LogP contribution in [0, 0.1) is 13.8 Å². The Labute approximate surface area is 186 Å². The molecule has 3 rings (SSSR count). The molecule has 0 atom stereocenters. The highest BCUT2D eigenvalue weighted by atomic mass is 32.2. The summed E-state index contributed by atoms with van der Waals surface area (Å²) in [5, 5.41) is 15.4. The van der Waals surface area contributed by atoms with Gasteiger partial charge in [-0.05, 0) is 32.9 Å². The number of carbonyl (C=O) groups excluding carboxylic acids is 1. The molecule has 2 N–H and O–H groups in total. The van der Waals surface area contributed by atoms with Crippen molar-refractivity contribution in [1.82, 2.24) is 9.97 Å². The third-order valence-corrected chi connectivity index (χ3v) is 7.24. The van der Waals surface area contributed by atoms with Gasteiger partial charge in [0.2, 0.25) is 5.13 Å². The maximum Gasteiger partial charge on any atom is 0.350 e. The van der Waals surface area contributed by atoms with Crippen molar-refractivity contribution < 1.29 is 23.1 Å². The molecule has 3 aromatic rings. The number of aliphatic imine (C=N–C) groups is 1. The first-order valence-electron chi connectivity index (χ1n) is 8.92. The Hall–Kier alpha value is -3.03. The molecule has 2 aromatic heterocycles. The van der Waals surface area contributed by atoms with Gasteiger partial charge in [0.05, 0.1) is 28.9 Å². The fourth-order valence-corrected chi connectivity index (χ4v) is 5.30. The number of ether oxygens (including phenoxy) is 1. The molecule has 0 aliphatic rings. The van der Waals surface area contributed by atoms with Crippen molar-refractivity contribution in [3.05, 3.63) is 46.6 Å². The fourth-order valence-electron chi connectivity index (χ4n) is 2.36. The summed E-state index contributed by atoms with van der Waals surface area (Å²) < 4.78 is 32.2. The number of hydrogen-bond acceptors (Lipinski definition) is 10. The molecule has 0 unspecified atom stereocenters. The van der Waals surface area contributed by atoms with E-state index in [0.717, 1.165) is 22.7 Å². The Morgan fingerprint density at radius 2 is 1.87 bits per heavy atom. The van der Waals surface area contributed by atoms with E-state index in [-0.39, 0.29) is 26.6 Å². The first-order valence-corrected chi connectivity index (χ1v) is 12.0. The third-order valence-electron chi connectivity index (χ3n) is 3.74. The smallest absolute Gasteiger partial charge is 0.350 e. The number of nitrogens with one attached hydrogen (secondary N) is 2. The summed E-state index contributed by atoms with van der Waals surface area (Å²) in [6.45, 7) is 5.17. The minimum atomic E-state index is -3.80. The van der Waals surface area contributed by atoms with Crippen LogP contribution in [0.3, 0.4) is 0 Å². The highest BCUT2D eigenvalue weighted by molar-refractivity contribution is 7.93. The summed E-state index contributed by atoms with van der Waals surface area (Å²) in [7, 11) is -3.80. The second-order valence-corrected chi connectivity index (χ2v) is 9.68. The number of benzene rings is 1. The van der Waals surface area contributed by atoms with Gasteiger partial charge in [0, 0.05) is 0 Å². The predicted octanol–water partition coefficient (Wildman–Crippen LogP) is 2.65. The Bertz CT molecular complexity index is 1220. The standard InChI is InChI=1S/C18H19N5O5S3/c1-4-28-15(24)13-10(2)19-17(29-13)22-16(25)21-14-11(3)20-18(30-14)23-31(26,27)12-8-6-5-7-9-12/h5-9H,4H2,1-3H3,(H,20,23)(H2,19,21,22,25)/p-1. The van der Waals surface area contributed by atoms with Crippen molar-refractivity contribution in [2.75, 3.05) is 16.6 Å². The Morgan fingerprint density at radius 3 is 2.55 bits per heavy atom. The molecule has 31 heavy (non-hydrogen) atoms. The van der Waals surface area contributed by atoms with Crippen molar-refractivity contribution >= 4 is 60.0 Å². The number of carbonyl (C=O) groups is 1. The first-order chi connectivity index (χ1) is 14.7. The van der Waals surface area contributed by atoms with E-state index < -0.39 is 22.0 Å². The van der Waals surface area contributed by atoms with E-state index in [1.807, 2.05) is 0 Å². The van der Waals surface area contributed by atoms with Crippen molar-refractivity contribution in [2.45, 2.75) is 25.7 Å². The molecule has 1 aromatic carbocycles. The van der Waals surface area contributed by atoms with E-state index in [4.69, 9.17) is 4.74 Å². The van der Waals surface area contributed by atoms with Crippen LogP contribution in [0.1, 0.15) is 28.0 Å². The van der Waals surface area contributed by atoms with E-state index in [0.29, 0.717) is 16.4 Å². The number of amidine groups is 1. The molecular formula is C18H18N5O5S3-. The average molecular weight is 481 g/mol. The minimum Gasteiger partial charge on any atom is -0.846 e. The lowest BCUT2D eigenvalue weighted by Gasteiger charge is -2.10. The van der Waals surface area contributed by atoms with Crippen molar-refractivity contribution in [1.29, 1.82) is 0 Å². The van der Waals surface area contributed by atoms with Crippen molar-refractivity contribution in [2.24, 2.45) is 4.99 Å². The van der Waals surface area contributed by atoms with E-state index >= 15 is 0 Å². The summed E-state index contributed by atoms with van der Waals surface area (Å²) in [6, 6.07) is 7.14. The number of nitrogens with zero attached hydrogens (tertiary/aromatic N) is 3. The van der Waals surface area contributed by atoms with Crippen LogP contribution in [0.2, 0.25) is 0 Å². The van der Waals surface area contributed by atoms with Gasteiger partial charge in [-0.25, -0.2) is 28.2 Å². The first kappa shape index (κ1) is 22.7. The number of sulfonamides is 1. The van der Waals surface area contributed by atoms with Crippen LogP contribution >= 0.6 is 22.7 Å². The van der Waals surface area contributed by atoms with E-state index in [1.165, 1.54) is 12.1 Å². The second-order valence-electron chi connectivity index (χ2n) is 6.03. The topological polar surface area (TPSA) is 146 Å². The Kier molecular flexibility index (Phi) is 6.87. The maximum atomic E-state index is 12.4. The molecule has 0 aliphatic heterocycles. The van der Waals surface area contributed by atoms with Gasteiger partial charge >= 0.3 is 5.97 Å². The molecular weight excluding hydrogens is 462 g/mol. The lowest BCUT2D eigenvalue weighted by atomic mass is 10.4. The average Bonchev–Trinajstić information content (AvgIpc) is 3.23. The van der Waals surface area contributed by atoms with Gasteiger partial charge in [-0.15, -0.1) is 0 Å². The van der Waals surface area contributed by atoms with Crippen LogP contribution in [-0.4, -0.2) is 37.0 Å². The molecule has 0 bridgehead atoms. The lowest BCUT2D eigenvalue weighted by molar-refractivity contribution is -0.214. The van der Waals surface area contributed by atoms with Gasteiger partial charge < -0.3 is 15.2 Å². The molecule has 0 fully saturated rings. The molecule has 0 radical (unpaired) electrons. The highest BCUT2D eigenvalue weighted by Gasteiger charge is 2.18.